The lowest BCUT2D eigenvalue weighted by atomic mass is 10.1. The van der Waals surface area contributed by atoms with Gasteiger partial charge in [0.1, 0.15) is 0 Å². The molecule has 1 saturated heterocycles. The maximum Gasteiger partial charge on any atom is 0.233 e. The molecule has 1 aliphatic heterocycles. The Morgan fingerprint density at radius 3 is 2.38 bits per heavy atom. The highest BCUT2D eigenvalue weighted by Gasteiger charge is 2.16. The normalized spacial score (nSPS) is 17.5. The van der Waals surface area contributed by atoms with E-state index in [0.717, 1.165) is 18.8 Å². The molecular formula is C15H23ClN2O2S. The molecule has 0 aliphatic carbocycles. The second-order valence-corrected chi connectivity index (χ2v) is 7.81. The van der Waals surface area contributed by atoms with Crippen LogP contribution < -0.4 is 9.62 Å². The van der Waals surface area contributed by atoms with Gasteiger partial charge >= 0.3 is 0 Å². The number of hydrogen-bond acceptors (Lipinski definition) is 3. The Morgan fingerprint density at radius 1 is 1.19 bits per heavy atom. The lowest BCUT2D eigenvalue weighted by Crippen LogP contribution is -2.29. The Bertz CT molecular complexity index is 539. The number of rotatable bonds is 6. The third kappa shape index (κ3) is 5.08. The van der Waals surface area contributed by atoms with Crippen LogP contribution in [0.15, 0.2) is 24.3 Å². The smallest absolute Gasteiger partial charge is 0.233 e. The molecule has 0 saturated carbocycles. The third-order valence-electron chi connectivity index (χ3n) is 3.63. The fraction of sp³-hybridized carbons (Fsp3) is 0.600. The molecule has 1 aromatic rings. The fourth-order valence-electron chi connectivity index (χ4n) is 2.53. The quantitative estimate of drug-likeness (QED) is 0.814. The molecule has 1 fully saturated rings. The number of piperidine rings is 1. The van der Waals surface area contributed by atoms with E-state index < -0.39 is 10.0 Å². The molecule has 1 N–H and O–H groups in total. The minimum atomic E-state index is -3.33. The number of hydrogen-bond donors (Lipinski definition) is 1. The first kappa shape index (κ1) is 16.4. The SMILES string of the molecule is CC(CCl)CS(=O)(=O)Nc1ccc(N2CCCCC2)cc1. The predicted molar refractivity (Wildman–Crippen MR) is 89.8 cm³/mol. The van der Waals surface area contributed by atoms with Crippen molar-refractivity contribution < 1.29 is 8.42 Å². The maximum absolute atomic E-state index is 12.0. The molecule has 0 amide bonds. The molecule has 0 radical (unpaired) electrons. The van der Waals surface area contributed by atoms with Gasteiger partial charge < -0.3 is 4.90 Å². The Kier molecular flexibility index (Phi) is 5.76. The first-order valence-electron chi connectivity index (χ1n) is 7.41. The van der Waals surface area contributed by atoms with Crippen LogP contribution in [-0.2, 0) is 10.0 Å². The Balaban J connectivity index is 1.98. The van der Waals surface area contributed by atoms with E-state index in [9.17, 15) is 8.42 Å². The van der Waals surface area contributed by atoms with E-state index in [2.05, 4.69) is 9.62 Å². The monoisotopic (exact) mass is 330 g/mol. The van der Waals surface area contributed by atoms with Crippen molar-refractivity contribution in [2.45, 2.75) is 26.2 Å². The fourth-order valence-corrected chi connectivity index (χ4v) is 4.22. The summed E-state index contributed by atoms with van der Waals surface area (Å²) in [6, 6.07) is 7.61. The average molecular weight is 331 g/mol. The molecule has 0 bridgehead atoms. The van der Waals surface area contributed by atoms with Gasteiger partial charge in [0, 0.05) is 30.3 Å². The molecule has 1 heterocycles. The van der Waals surface area contributed by atoms with Gasteiger partial charge in [0.2, 0.25) is 10.0 Å². The molecule has 1 unspecified atom stereocenters. The van der Waals surface area contributed by atoms with E-state index in [-0.39, 0.29) is 11.7 Å². The molecule has 6 heteroatoms. The second-order valence-electron chi connectivity index (χ2n) is 5.74. The first-order chi connectivity index (χ1) is 10.00. The molecular weight excluding hydrogens is 308 g/mol. The first-order valence-corrected chi connectivity index (χ1v) is 9.60. The maximum atomic E-state index is 12.0. The van der Waals surface area contributed by atoms with E-state index in [4.69, 9.17) is 11.6 Å². The molecule has 21 heavy (non-hydrogen) atoms. The zero-order valence-electron chi connectivity index (χ0n) is 12.4. The van der Waals surface area contributed by atoms with Crippen molar-refractivity contribution in [3.63, 3.8) is 0 Å². The van der Waals surface area contributed by atoms with Crippen LogP contribution in [0.5, 0.6) is 0 Å². The van der Waals surface area contributed by atoms with E-state index in [1.807, 2.05) is 31.2 Å². The van der Waals surface area contributed by atoms with Gasteiger partial charge in [-0.15, -0.1) is 11.6 Å². The molecule has 0 aromatic heterocycles. The topological polar surface area (TPSA) is 49.4 Å². The van der Waals surface area contributed by atoms with Crippen molar-refractivity contribution in [3.05, 3.63) is 24.3 Å². The summed E-state index contributed by atoms with van der Waals surface area (Å²) in [7, 11) is -3.33. The van der Waals surface area contributed by atoms with Crippen LogP contribution in [-0.4, -0.2) is 33.1 Å². The van der Waals surface area contributed by atoms with Crippen molar-refractivity contribution >= 4 is 33.0 Å². The molecule has 2 rings (SSSR count). The van der Waals surface area contributed by atoms with E-state index in [0.29, 0.717) is 11.6 Å². The molecule has 4 nitrogen and oxygen atoms in total. The highest BCUT2D eigenvalue weighted by atomic mass is 35.5. The standard InChI is InChI=1S/C15H23ClN2O2S/c1-13(11-16)12-21(19,20)17-14-5-7-15(8-6-14)18-9-3-2-4-10-18/h5-8,13,17H,2-4,9-12H2,1H3. The number of benzene rings is 1. The zero-order valence-corrected chi connectivity index (χ0v) is 14.0. The van der Waals surface area contributed by atoms with Gasteiger partial charge in [-0.1, -0.05) is 6.92 Å². The van der Waals surface area contributed by atoms with Crippen LogP contribution in [0.1, 0.15) is 26.2 Å². The summed E-state index contributed by atoms with van der Waals surface area (Å²) in [6.07, 6.45) is 3.75. The van der Waals surface area contributed by atoms with Crippen LogP contribution in [0.4, 0.5) is 11.4 Å². The van der Waals surface area contributed by atoms with Crippen LogP contribution >= 0.6 is 11.6 Å². The second kappa shape index (κ2) is 7.36. The van der Waals surface area contributed by atoms with Crippen molar-refractivity contribution in [3.8, 4) is 0 Å². The van der Waals surface area contributed by atoms with Crippen LogP contribution in [0.2, 0.25) is 0 Å². The Hall–Kier alpha value is -0.940. The molecule has 118 valence electrons. The molecule has 0 spiro atoms. The molecule has 1 aromatic carbocycles. The summed E-state index contributed by atoms with van der Waals surface area (Å²) in [5.74, 6) is 0.330. The molecule has 1 aliphatic rings. The Morgan fingerprint density at radius 2 is 1.81 bits per heavy atom. The van der Waals surface area contributed by atoms with Gasteiger partial charge in [0.05, 0.1) is 5.75 Å². The highest BCUT2D eigenvalue weighted by molar-refractivity contribution is 7.92. The summed E-state index contributed by atoms with van der Waals surface area (Å²) in [5, 5.41) is 0. The minimum absolute atomic E-state index is 0.0460. The van der Waals surface area contributed by atoms with E-state index in [1.54, 1.807) is 0 Å². The lowest BCUT2D eigenvalue weighted by molar-refractivity contribution is 0.578. The van der Waals surface area contributed by atoms with Crippen molar-refractivity contribution in [1.82, 2.24) is 0 Å². The van der Waals surface area contributed by atoms with E-state index in [1.165, 1.54) is 19.3 Å². The van der Waals surface area contributed by atoms with Crippen molar-refractivity contribution in [1.29, 1.82) is 0 Å². The van der Waals surface area contributed by atoms with Gasteiger partial charge in [-0.05, 0) is 49.4 Å². The highest BCUT2D eigenvalue weighted by Crippen LogP contribution is 2.22. The summed E-state index contributed by atoms with van der Waals surface area (Å²) >= 11 is 5.67. The average Bonchev–Trinajstić information content (AvgIpc) is 2.48. The minimum Gasteiger partial charge on any atom is -0.372 e. The zero-order chi connectivity index (χ0) is 15.3. The van der Waals surface area contributed by atoms with E-state index >= 15 is 0 Å². The molecule has 1 atom stereocenters. The van der Waals surface area contributed by atoms with Gasteiger partial charge in [-0.25, -0.2) is 8.42 Å². The van der Waals surface area contributed by atoms with Crippen molar-refractivity contribution in [2.75, 3.05) is 34.3 Å². The van der Waals surface area contributed by atoms with Crippen molar-refractivity contribution in [2.24, 2.45) is 5.92 Å². The van der Waals surface area contributed by atoms with Gasteiger partial charge in [0.15, 0.2) is 0 Å². The van der Waals surface area contributed by atoms with Gasteiger partial charge in [0.25, 0.3) is 0 Å². The number of sulfonamides is 1. The third-order valence-corrected chi connectivity index (χ3v) is 5.71. The summed E-state index contributed by atoms with van der Waals surface area (Å²) in [6.45, 7) is 3.99. The van der Waals surface area contributed by atoms with Gasteiger partial charge in [-0.3, -0.25) is 4.72 Å². The largest absolute Gasteiger partial charge is 0.372 e. The number of nitrogens with one attached hydrogen (secondary N) is 1. The summed E-state index contributed by atoms with van der Waals surface area (Å²) < 4.78 is 26.6. The Labute approximate surface area is 132 Å². The number of halogens is 1. The predicted octanol–water partition coefficient (Wildman–Crippen LogP) is 3.29. The van der Waals surface area contributed by atoms with Crippen LogP contribution in [0.3, 0.4) is 0 Å². The van der Waals surface area contributed by atoms with Crippen LogP contribution in [0.25, 0.3) is 0 Å². The summed E-state index contributed by atoms with van der Waals surface area (Å²) in [4.78, 5) is 2.34. The summed E-state index contributed by atoms with van der Waals surface area (Å²) in [5.41, 5.74) is 1.77. The number of alkyl halides is 1. The van der Waals surface area contributed by atoms with Crippen LogP contribution in [0, 0.1) is 5.92 Å². The van der Waals surface area contributed by atoms with Gasteiger partial charge in [-0.2, -0.15) is 0 Å². The number of anilines is 2. The lowest BCUT2D eigenvalue weighted by Gasteiger charge is -2.28. The number of nitrogens with zero attached hydrogens (tertiary/aromatic N) is 1.